The average molecular weight is 347 g/mol. The molecule has 3 rings (SSSR count). The van der Waals surface area contributed by atoms with Crippen molar-refractivity contribution in [3.63, 3.8) is 0 Å². The molecule has 1 aromatic carbocycles. The summed E-state index contributed by atoms with van der Waals surface area (Å²) in [5, 5.41) is 12.5. The van der Waals surface area contributed by atoms with Crippen LogP contribution in [0, 0.1) is 0 Å². The predicted octanol–water partition coefficient (Wildman–Crippen LogP) is 2.17. The SMILES string of the molecule is COc1ccccc1-n1nnnc1SCCC(=O)N1CCCCC1. The number of hydrogen-bond donors (Lipinski definition) is 0. The smallest absolute Gasteiger partial charge is 0.223 e. The highest BCUT2D eigenvalue weighted by molar-refractivity contribution is 7.99. The molecule has 8 heteroatoms. The number of amides is 1. The third-order valence-corrected chi connectivity index (χ3v) is 4.93. The van der Waals surface area contributed by atoms with Crippen molar-refractivity contribution in [2.24, 2.45) is 0 Å². The molecule has 0 aliphatic carbocycles. The summed E-state index contributed by atoms with van der Waals surface area (Å²) in [5.41, 5.74) is 0.787. The molecule has 0 unspecified atom stereocenters. The molecule has 1 aromatic heterocycles. The van der Waals surface area contributed by atoms with E-state index in [0.29, 0.717) is 23.1 Å². The van der Waals surface area contributed by atoms with E-state index in [1.165, 1.54) is 18.2 Å². The zero-order valence-electron chi connectivity index (χ0n) is 13.7. The van der Waals surface area contributed by atoms with Crippen molar-refractivity contribution in [1.29, 1.82) is 0 Å². The number of tetrazole rings is 1. The van der Waals surface area contributed by atoms with Gasteiger partial charge in [-0.05, 0) is 41.8 Å². The number of ether oxygens (including phenoxy) is 1. The summed E-state index contributed by atoms with van der Waals surface area (Å²) < 4.78 is 7.01. The van der Waals surface area contributed by atoms with Gasteiger partial charge >= 0.3 is 0 Å². The van der Waals surface area contributed by atoms with Gasteiger partial charge in [-0.2, -0.15) is 4.68 Å². The maximum Gasteiger partial charge on any atom is 0.223 e. The fourth-order valence-corrected chi connectivity index (χ4v) is 3.57. The van der Waals surface area contributed by atoms with E-state index in [9.17, 15) is 4.79 Å². The number of piperidine rings is 1. The first-order valence-corrected chi connectivity index (χ1v) is 9.10. The summed E-state index contributed by atoms with van der Waals surface area (Å²) in [5.74, 6) is 1.58. The minimum Gasteiger partial charge on any atom is -0.494 e. The van der Waals surface area contributed by atoms with E-state index in [1.54, 1.807) is 11.8 Å². The topological polar surface area (TPSA) is 73.1 Å². The number of benzene rings is 1. The van der Waals surface area contributed by atoms with E-state index >= 15 is 0 Å². The maximum atomic E-state index is 12.2. The number of aromatic nitrogens is 4. The number of nitrogens with zero attached hydrogens (tertiary/aromatic N) is 5. The number of para-hydroxylation sites is 2. The maximum absolute atomic E-state index is 12.2. The van der Waals surface area contributed by atoms with Gasteiger partial charge in [0.2, 0.25) is 11.1 Å². The third-order valence-electron chi connectivity index (χ3n) is 4.01. The van der Waals surface area contributed by atoms with E-state index in [0.717, 1.165) is 31.6 Å². The second kappa shape index (κ2) is 8.14. The second-order valence-electron chi connectivity index (χ2n) is 5.59. The molecule has 0 saturated carbocycles. The summed E-state index contributed by atoms with van der Waals surface area (Å²) >= 11 is 1.48. The Bertz CT molecular complexity index is 685. The Kier molecular flexibility index (Phi) is 5.68. The van der Waals surface area contributed by atoms with Gasteiger partial charge in [0.1, 0.15) is 11.4 Å². The lowest BCUT2D eigenvalue weighted by Crippen LogP contribution is -2.35. The Hall–Kier alpha value is -2.09. The van der Waals surface area contributed by atoms with Crippen molar-refractivity contribution in [2.45, 2.75) is 30.8 Å². The van der Waals surface area contributed by atoms with Crippen LogP contribution in [-0.2, 0) is 4.79 Å². The molecule has 128 valence electrons. The van der Waals surface area contributed by atoms with Gasteiger partial charge in [-0.25, -0.2) is 0 Å². The van der Waals surface area contributed by atoms with Crippen LogP contribution >= 0.6 is 11.8 Å². The fourth-order valence-electron chi connectivity index (χ4n) is 2.76. The number of methoxy groups -OCH3 is 1. The van der Waals surface area contributed by atoms with Crippen LogP contribution < -0.4 is 4.74 Å². The molecule has 2 heterocycles. The lowest BCUT2D eigenvalue weighted by Gasteiger charge is -2.26. The molecule has 1 aliphatic heterocycles. The van der Waals surface area contributed by atoms with Gasteiger partial charge in [-0.3, -0.25) is 4.79 Å². The van der Waals surface area contributed by atoms with Gasteiger partial charge in [-0.1, -0.05) is 23.9 Å². The first-order chi connectivity index (χ1) is 11.8. The molecule has 1 fully saturated rings. The monoisotopic (exact) mass is 347 g/mol. The first kappa shape index (κ1) is 16.8. The Labute approximate surface area is 145 Å². The van der Waals surface area contributed by atoms with Gasteiger partial charge in [0.05, 0.1) is 7.11 Å². The van der Waals surface area contributed by atoms with Crippen LogP contribution in [0.25, 0.3) is 5.69 Å². The van der Waals surface area contributed by atoms with E-state index in [1.807, 2.05) is 29.2 Å². The molecular weight excluding hydrogens is 326 g/mol. The largest absolute Gasteiger partial charge is 0.494 e. The molecule has 1 amide bonds. The predicted molar refractivity (Wildman–Crippen MR) is 91.5 cm³/mol. The summed E-state index contributed by atoms with van der Waals surface area (Å²) in [4.78, 5) is 14.2. The van der Waals surface area contributed by atoms with Crippen molar-refractivity contribution in [2.75, 3.05) is 26.0 Å². The van der Waals surface area contributed by atoms with Crippen LogP contribution in [0.5, 0.6) is 5.75 Å². The number of likely N-dealkylation sites (tertiary alicyclic amines) is 1. The molecule has 0 atom stereocenters. The van der Waals surface area contributed by atoms with E-state index < -0.39 is 0 Å². The second-order valence-corrected chi connectivity index (χ2v) is 6.65. The molecule has 7 nitrogen and oxygen atoms in total. The molecule has 0 spiro atoms. The molecular formula is C16H21N5O2S. The van der Waals surface area contributed by atoms with E-state index in [2.05, 4.69) is 15.5 Å². The lowest BCUT2D eigenvalue weighted by atomic mass is 10.1. The molecule has 0 bridgehead atoms. The van der Waals surface area contributed by atoms with Crippen molar-refractivity contribution >= 4 is 17.7 Å². The number of hydrogen-bond acceptors (Lipinski definition) is 6. The van der Waals surface area contributed by atoms with Crippen LogP contribution in [0.2, 0.25) is 0 Å². The van der Waals surface area contributed by atoms with Gasteiger partial charge in [-0.15, -0.1) is 5.10 Å². The minimum atomic E-state index is 0.221. The Morgan fingerprint density at radius 2 is 2.04 bits per heavy atom. The van der Waals surface area contributed by atoms with Gasteiger partial charge in [0.25, 0.3) is 0 Å². The molecule has 24 heavy (non-hydrogen) atoms. The van der Waals surface area contributed by atoms with Gasteiger partial charge in [0.15, 0.2) is 0 Å². The highest BCUT2D eigenvalue weighted by atomic mass is 32.2. The van der Waals surface area contributed by atoms with Crippen LogP contribution in [-0.4, -0.2) is 57.0 Å². The average Bonchev–Trinajstić information content (AvgIpc) is 3.10. The van der Waals surface area contributed by atoms with Gasteiger partial charge in [0, 0.05) is 25.3 Å². The number of thioether (sulfide) groups is 1. The quantitative estimate of drug-likeness (QED) is 0.746. The Morgan fingerprint density at radius 1 is 1.25 bits per heavy atom. The summed E-state index contributed by atoms with van der Waals surface area (Å²) in [6.07, 6.45) is 3.96. The highest BCUT2D eigenvalue weighted by Gasteiger charge is 2.17. The van der Waals surface area contributed by atoms with Crippen LogP contribution in [0.1, 0.15) is 25.7 Å². The summed E-state index contributed by atoms with van der Waals surface area (Å²) in [6.45, 7) is 1.78. The van der Waals surface area contributed by atoms with Crippen molar-refractivity contribution < 1.29 is 9.53 Å². The zero-order chi connectivity index (χ0) is 16.8. The number of carbonyl (C=O) groups is 1. The van der Waals surface area contributed by atoms with E-state index in [4.69, 9.17) is 4.74 Å². The molecule has 0 N–H and O–H groups in total. The molecule has 2 aromatic rings. The van der Waals surface area contributed by atoms with Gasteiger partial charge < -0.3 is 9.64 Å². The summed E-state index contributed by atoms with van der Waals surface area (Å²) in [6, 6.07) is 7.58. The lowest BCUT2D eigenvalue weighted by molar-refractivity contribution is -0.131. The van der Waals surface area contributed by atoms with Crippen molar-refractivity contribution in [3.05, 3.63) is 24.3 Å². The molecule has 0 radical (unpaired) electrons. The van der Waals surface area contributed by atoms with Crippen molar-refractivity contribution in [3.8, 4) is 11.4 Å². The van der Waals surface area contributed by atoms with Crippen LogP contribution in [0.15, 0.2) is 29.4 Å². The number of rotatable bonds is 6. The minimum absolute atomic E-state index is 0.221. The molecule has 1 saturated heterocycles. The van der Waals surface area contributed by atoms with E-state index in [-0.39, 0.29) is 5.91 Å². The van der Waals surface area contributed by atoms with Crippen LogP contribution in [0.4, 0.5) is 0 Å². The first-order valence-electron chi connectivity index (χ1n) is 8.12. The third kappa shape index (κ3) is 3.87. The fraction of sp³-hybridized carbons (Fsp3) is 0.500. The molecule has 1 aliphatic rings. The Morgan fingerprint density at radius 3 is 2.83 bits per heavy atom. The number of carbonyl (C=O) groups excluding carboxylic acids is 1. The highest BCUT2D eigenvalue weighted by Crippen LogP contribution is 2.26. The normalized spacial score (nSPS) is 14.6. The zero-order valence-corrected chi connectivity index (χ0v) is 14.5. The van der Waals surface area contributed by atoms with Crippen molar-refractivity contribution in [1.82, 2.24) is 25.1 Å². The standard InChI is InChI=1S/C16H21N5O2S/c1-23-14-8-4-3-7-13(14)21-16(17-18-19-21)24-12-9-15(22)20-10-5-2-6-11-20/h3-4,7-8H,2,5-6,9-12H2,1H3. The Balaban J connectivity index is 1.61. The summed E-state index contributed by atoms with van der Waals surface area (Å²) in [7, 11) is 1.62. The van der Waals surface area contributed by atoms with Crippen LogP contribution in [0.3, 0.4) is 0 Å².